The van der Waals surface area contributed by atoms with Gasteiger partial charge in [0.25, 0.3) is 5.91 Å². The Balaban J connectivity index is 3.30. The molecule has 0 radical (unpaired) electrons. The molecular weight excluding hydrogens is 238 g/mol. The molecule has 1 unspecified atom stereocenters. The fourth-order valence-electron chi connectivity index (χ4n) is 2.18. The zero-order chi connectivity index (χ0) is 14.4. The Morgan fingerprint density at radius 2 is 2.05 bits per heavy atom. The summed E-state index contributed by atoms with van der Waals surface area (Å²) in [5.41, 5.74) is 5.81. The van der Waals surface area contributed by atoms with E-state index in [4.69, 9.17) is 4.74 Å². The molecule has 0 N–H and O–H groups in total. The van der Waals surface area contributed by atoms with E-state index in [-0.39, 0.29) is 18.6 Å². The number of anilines is 1. The highest BCUT2D eigenvalue weighted by atomic mass is 16.5. The standard InChI is InChI=1S/C16H21NO2/c1-6-8-14(4)17(15(18)11-19-5)16-12(2)9-7-10-13(16)3/h7-10,14H,1,11H2,2-5H3. The highest BCUT2D eigenvalue weighted by Crippen LogP contribution is 2.27. The number of carbonyl (C=O) groups excluding carboxylic acids is 1. The van der Waals surface area contributed by atoms with E-state index in [0.29, 0.717) is 0 Å². The van der Waals surface area contributed by atoms with Gasteiger partial charge in [0, 0.05) is 7.11 Å². The third kappa shape index (κ3) is 3.57. The normalized spacial score (nSPS) is 11.6. The van der Waals surface area contributed by atoms with E-state index in [1.54, 1.807) is 11.0 Å². The second-order valence-electron chi connectivity index (χ2n) is 4.55. The number of carbonyl (C=O) groups is 1. The van der Waals surface area contributed by atoms with Crippen LogP contribution in [0.3, 0.4) is 0 Å². The molecule has 0 aliphatic carbocycles. The van der Waals surface area contributed by atoms with Crippen LogP contribution in [0.2, 0.25) is 0 Å². The van der Waals surface area contributed by atoms with Crippen molar-refractivity contribution in [2.45, 2.75) is 26.8 Å². The molecule has 0 saturated carbocycles. The zero-order valence-corrected chi connectivity index (χ0v) is 12.1. The minimum atomic E-state index is -0.111. The van der Waals surface area contributed by atoms with Crippen molar-refractivity contribution in [1.82, 2.24) is 0 Å². The number of ether oxygens (including phenoxy) is 1. The first-order chi connectivity index (χ1) is 9.02. The summed E-state index contributed by atoms with van der Waals surface area (Å²) in [5.74, 6) is -0.0705. The van der Waals surface area contributed by atoms with E-state index in [9.17, 15) is 4.79 Å². The molecular formula is C16H21NO2. The monoisotopic (exact) mass is 259 g/mol. The molecule has 19 heavy (non-hydrogen) atoms. The Labute approximate surface area is 115 Å². The third-order valence-corrected chi connectivity index (χ3v) is 2.98. The molecule has 0 aliphatic rings. The Morgan fingerprint density at radius 3 is 2.53 bits per heavy atom. The number of rotatable bonds is 5. The number of nitrogens with zero attached hydrogens (tertiary/aromatic N) is 1. The summed E-state index contributed by atoms with van der Waals surface area (Å²) in [4.78, 5) is 14.0. The molecule has 1 aromatic rings. The molecule has 3 nitrogen and oxygen atoms in total. The Bertz CT molecular complexity index is 481. The van der Waals surface area contributed by atoms with Crippen LogP contribution in [0.4, 0.5) is 5.69 Å². The maximum Gasteiger partial charge on any atom is 0.253 e. The van der Waals surface area contributed by atoms with Gasteiger partial charge >= 0.3 is 0 Å². The third-order valence-electron chi connectivity index (χ3n) is 2.98. The SMILES string of the molecule is C=C=CC(C)N(C(=O)COC)c1c(C)cccc1C. The van der Waals surface area contributed by atoms with Crippen molar-refractivity contribution in [3.05, 3.63) is 47.7 Å². The summed E-state index contributed by atoms with van der Waals surface area (Å²) < 4.78 is 4.97. The van der Waals surface area contributed by atoms with Gasteiger partial charge in [0.05, 0.1) is 11.7 Å². The quantitative estimate of drug-likeness (QED) is 0.761. The first-order valence-corrected chi connectivity index (χ1v) is 6.26. The predicted molar refractivity (Wildman–Crippen MR) is 78.5 cm³/mol. The van der Waals surface area contributed by atoms with Crippen LogP contribution in [0.5, 0.6) is 0 Å². The van der Waals surface area contributed by atoms with Crippen LogP contribution in [0.1, 0.15) is 18.1 Å². The molecule has 1 aromatic carbocycles. The predicted octanol–water partition coefficient (Wildman–Crippen LogP) is 3.01. The van der Waals surface area contributed by atoms with Crippen molar-refractivity contribution in [1.29, 1.82) is 0 Å². The van der Waals surface area contributed by atoms with E-state index >= 15 is 0 Å². The number of aryl methyl sites for hydroxylation is 2. The fourth-order valence-corrected chi connectivity index (χ4v) is 2.18. The summed E-state index contributed by atoms with van der Waals surface area (Å²) in [5, 5.41) is 0. The second kappa shape index (κ2) is 6.93. The molecule has 102 valence electrons. The average Bonchev–Trinajstić information content (AvgIpc) is 2.34. The number of hydrogen-bond acceptors (Lipinski definition) is 2. The van der Waals surface area contributed by atoms with Crippen molar-refractivity contribution in [3.8, 4) is 0 Å². The molecule has 0 aliphatic heterocycles. The lowest BCUT2D eigenvalue weighted by molar-refractivity contribution is -0.122. The topological polar surface area (TPSA) is 29.5 Å². The summed E-state index contributed by atoms with van der Waals surface area (Å²) in [6.45, 7) is 9.58. The van der Waals surface area contributed by atoms with E-state index in [1.807, 2.05) is 39.0 Å². The van der Waals surface area contributed by atoms with E-state index < -0.39 is 0 Å². The smallest absolute Gasteiger partial charge is 0.253 e. The molecule has 0 spiro atoms. The number of methoxy groups -OCH3 is 1. The van der Waals surface area contributed by atoms with E-state index in [0.717, 1.165) is 16.8 Å². The number of hydrogen-bond donors (Lipinski definition) is 0. The summed E-state index contributed by atoms with van der Waals surface area (Å²) in [6, 6.07) is 5.88. The van der Waals surface area contributed by atoms with Crippen molar-refractivity contribution in [3.63, 3.8) is 0 Å². The summed E-state index contributed by atoms with van der Waals surface area (Å²) in [6.07, 6.45) is 1.78. The number of benzene rings is 1. The minimum Gasteiger partial charge on any atom is -0.375 e. The Kier molecular flexibility index (Phi) is 5.56. The van der Waals surface area contributed by atoms with Crippen LogP contribution in [0.25, 0.3) is 0 Å². The van der Waals surface area contributed by atoms with Gasteiger partial charge in [-0.3, -0.25) is 4.79 Å². The van der Waals surface area contributed by atoms with E-state index in [1.165, 1.54) is 7.11 Å². The Morgan fingerprint density at radius 1 is 1.47 bits per heavy atom. The van der Waals surface area contributed by atoms with Crippen LogP contribution < -0.4 is 4.90 Å². The molecule has 0 bridgehead atoms. The maximum absolute atomic E-state index is 12.3. The van der Waals surface area contributed by atoms with Gasteiger partial charge in [-0.25, -0.2) is 0 Å². The number of para-hydroxylation sites is 1. The largest absolute Gasteiger partial charge is 0.375 e. The van der Waals surface area contributed by atoms with Gasteiger partial charge in [-0.15, -0.1) is 5.73 Å². The van der Waals surface area contributed by atoms with Gasteiger partial charge < -0.3 is 9.64 Å². The van der Waals surface area contributed by atoms with Crippen LogP contribution in [-0.2, 0) is 9.53 Å². The lowest BCUT2D eigenvalue weighted by Gasteiger charge is -2.29. The molecule has 1 atom stereocenters. The molecule has 0 heterocycles. The molecule has 3 heteroatoms. The van der Waals surface area contributed by atoms with Gasteiger partial charge in [-0.2, -0.15) is 0 Å². The summed E-state index contributed by atoms with van der Waals surface area (Å²) in [7, 11) is 1.52. The first kappa shape index (κ1) is 15.2. The first-order valence-electron chi connectivity index (χ1n) is 6.26. The van der Waals surface area contributed by atoms with Crippen LogP contribution in [-0.4, -0.2) is 25.7 Å². The minimum absolute atomic E-state index is 0.0586. The number of amides is 1. The molecule has 1 rings (SSSR count). The maximum atomic E-state index is 12.3. The van der Waals surface area contributed by atoms with Gasteiger partial charge in [0.15, 0.2) is 0 Å². The summed E-state index contributed by atoms with van der Waals surface area (Å²) >= 11 is 0. The molecule has 0 saturated heterocycles. The Hall–Kier alpha value is -1.83. The van der Waals surface area contributed by atoms with Crippen LogP contribution in [0, 0.1) is 13.8 Å². The lowest BCUT2D eigenvalue weighted by Crippen LogP contribution is -2.40. The van der Waals surface area contributed by atoms with Gasteiger partial charge in [-0.05, 0) is 38.0 Å². The van der Waals surface area contributed by atoms with Crippen LogP contribution in [0.15, 0.2) is 36.6 Å². The molecule has 1 amide bonds. The van der Waals surface area contributed by atoms with E-state index in [2.05, 4.69) is 12.3 Å². The van der Waals surface area contributed by atoms with Crippen molar-refractivity contribution < 1.29 is 9.53 Å². The second-order valence-corrected chi connectivity index (χ2v) is 4.55. The highest BCUT2D eigenvalue weighted by molar-refractivity contribution is 5.96. The van der Waals surface area contributed by atoms with Crippen LogP contribution >= 0.6 is 0 Å². The van der Waals surface area contributed by atoms with Crippen molar-refractivity contribution >= 4 is 11.6 Å². The van der Waals surface area contributed by atoms with Crippen molar-refractivity contribution in [2.75, 3.05) is 18.6 Å². The van der Waals surface area contributed by atoms with Gasteiger partial charge in [0.1, 0.15) is 6.61 Å². The zero-order valence-electron chi connectivity index (χ0n) is 12.1. The molecule has 0 fully saturated rings. The van der Waals surface area contributed by atoms with Gasteiger partial charge in [-0.1, -0.05) is 24.8 Å². The average molecular weight is 259 g/mol. The molecule has 0 aromatic heterocycles. The fraction of sp³-hybridized carbons (Fsp3) is 0.375. The lowest BCUT2D eigenvalue weighted by atomic mass is 10.1. The van der Waals surface area contributed by atoms with Crippen molar-refractivity contribution in [2.24, 2.45) is 0 Å². The highest BCUT2D eigenvalue weighted by Gasteiger charge is 2.23. The van der Waals surface area contributed by atoms with Gasteiger partial charge in [0.2, 0.25) is 0 Å².